The van der Waals surface area contributed by atoms with Gasteiger partial charge < -0.3 is 4.57 Å². The Balaban J connectivity index is 2.10. The van der Waals surface area contributed by atoms with Gasteiger partial charge in [-0.1, -0.05) is 29.8 Å². The number of hydrogen-bond donors (Lipinski definition) is 0. The van der Waals surface area contributed by atoms with Gasteiger partial charge in [-0.2, -0.15) is 0 Å². The first-order valence-electron chi connectivity index (χ1n) is 6.29. The van der Waals surface area contributed by atoms with Gasteiger partial charge in [0.05, 0.1) is 12.4 Å². The zero-order valence-electron chi connectivity index (χ0n) is 11.0. The molecule has 102 valence electrons. The minimum Gasteiger partial charge on any atom is -0.307 e. The van der Waals surface area contributed by atoms with E-state index in [0.717, 1.165) is 28.0 Å². The SMILES string of the molecule is Cc1cccc(Cn2c(CCl)nc3cc(Br)cnc32)c1. The summed E-state index contributed by atoms with van der Waals surface area (Å²) in [5.74, 6) is 1.22. The van der Waals surface area contributed by atoms with E-state index in [1.807, 2.05) is 6.07 Å². The lowest BCUT2D eigenvalue weighted by Gasteiger charge is -2.08. The highest BCUT2D eigenvalue weighted by molar-refractivity contribution is 9.10. The standard InChI is InChI=1S/C15H13BrClN3/c1-10-3-2-4-11(5-10)9-20-14(7-17)19-13-6-12(16)8-18-15(13)20/h2-6,8H,7,9H2,1H3. The summed E-state index contributed by atoms with van der Waals surface area (Å²) in [5.41, 5.74) is 4.20. The monoisotopic (exact) mass is 349 g/mol. The molecule has 0 unspecified atom stereocenters. The van der Waals surface area contributed by atoms with Crippen LogP contribution < -0.4 is 0 Å². The first-order chi connectivity index (χ1) is 9.67. The van der Waals surface area contributed by atoms with Crippen LogP contribution in [0.15, 0.2) is 41.0 Å². The van der Waals surface area contributed by atoms with Crippen LogP contribution in [0.2, 0.25) is 0 Å². The molecule has 0 aliphatic carbocycles. The number of imidazole rings is 1. The van der Waals surface area contributed by atoms with Crippen molar-refractivity contribution in [3.8, 4) is 0 Å². The molecule has 3 rings (SSSR count). The number of halogens is 2. The molecule has 0 radical (unpaired) electrons. The molecule has 0 saturated heterocycles. The highest BCUT2D eigenvalue weighted by Gasteiger charge is 2.12. The molecular formula is C15H13BrClN3. The Labute approximate surface area is 130 Å². The average molecular weight is 351 g/mol. The second-order valence-corrected chi connectivity index (χ2v) is 5.92. The molecule has 0 amide bonds. The highest BCUT2D eigenvalue weighted by Crippen LogP contribution is 2.21. The van der Waals surface area contributed by atoms with E-state index in [1.165, 1.54) is 11.1 Å². The third-order valence-electron chi connectivity index (χ3n) is 3.17. The summed E-state index contributed by atoms with van der Waals surface area (Å²) < 4.78 is 3.00. The highest BCUT2D eigenvalue weighted by atomic mass is 79.9. The number of pyridine rings is 1. The van der Waals surface area contributed by atoms with E-state index in [9.17, 15) is 0 Å². The van der Waals surface area contributed by atoms with Crippen molar-refractivity contribution in [2.75, 3.05) is 0 Å². The Morgan fingerprint density at radius 2 is 2.15 bits per heavy atom. The quantitative estimate of drug-likeness (QED) is 0.660. The number of alkyl halides is 1. The molecule has 0 fully saturated rings. The van der Waals surface area contributed by atoms with Gasteiger partial charge in [0, 0.05) is 10.7 Å². The van der Waals surface area contributed by atoms with Gasteiger partial charge in [0.25, 0.3) is 0 Å². The van der Waals surface area contributed by atoms with Crippen LogP contribution in [-0.2, 0) is 12.4 Å². The fourth-order valence-corrected chi connectivity index (χ4v) is 2.82. The maximum absolute atomic E-state index is 6.02. The number of aromatic nitrogens is 3. The van der Waals surface area contributed by atoms with Crippen molar-refractivity contribution in [1.29, 1.82) is 0 Å². The summed E-state index contributed by atoms with van der Waals surface area (Å²) >= 11 is 9.44. The summed E-state index contributed by atoms with van der Waals surface area (Å²) in [6.07, 6.45) is 1.79. The Morgan fingerprint density at radius 1 is 1.30 bits per heavy atom. The predicted octanol–water partition coefficient (Wildman–Crippen LogP) is 4.29. The van der Waals surface area contributed by atoms with Crippen LogP contribution in [0.1, 0.15) is 17.0 Å². The van der Waals surface area contributed by atoms with Crippen molar-refractivity contribution >= 4 is 38.7 Å². The van der Waals surface area contributed by atoms with Gasteiger partial charge in [0.1, 0.15) is 11.3 Å². The third kappa shape index (κ3) is 2.58. The van der Waals surface area contributed by atoms with E-state index < -0.39 is 0 Å². The molecule has 0 N–H and O–H groups in total. The van der Waals surface area contributed by atoms with Crippen LogP contribution in [0.4, 0.5) is 0 Å². The molecule has 0 spiro atoms. The van der Waals surface area contributed by atoms with Gasteiger partial charge >= 0.3 is 0 Å². The van der Waals surface area contributed by atoms with E-state index in [2.05, 4.69) is 61.7 Å². The second-order valence-electron chi connectivity index (χ2n) is 4.73. The summed E-state index contributed by atoms with van der Waals surface area (Å²) in [7, 11) is 0. The van der Waals surface area contributed by atoms with Gasteiger partial charge in [-0.15, -0.1) is 11.6 Å². The zero-order valence-corrected chi connectivity index (χ0v) is 13.3. The van der Waals surface area contributed by atoms with Crippen LogP contribution in [0, 0.1) is 6.92 Å². The van der Waals surface area contributed by atoms with E-state index in [-0.39, 0.29) is 0 Å². The molecule has 0 bridgehead atoms. The molecule has 3 aromatic rings. The molecule has 0 aliphatic rings. The Bertz CT molecular complexity index is 767. The van der Waals surface area contributed by atoms with Crippen LogP contribution in [0.25, 0.3) is 11.2 Å². The normalized spacial score (nSPS) is 11.2. The van der Waals surface area contributed by atoms with Gasteiger partial charge in [-0.25, -0.2) is 9.97 Å². The van der Waals surface area contributed by atoms with Crippen molar-refractivity contribution < 1.29 is 0 Å². The van der Waals surface area contributed by atoms with Crippen LogP contribution in [-0.4, -0.2) is 14.5 Å². The summed E-state index contributed by atoms with van der Waals surface area (Å²) in [6, 6.07) is 10.4. The van der Waals surface area contributed by atoms with E-state index in [1.54, 1.807) is 6.20 Å². The molecule has 0 aliphatic heterocycles. The molecule has 0 saturated carbocycles. The van der Waals surface area contributed by atoms with Crippen molar-refractivity contribution in [2.45, 2.75) is 19.3 Å². The van der Waals surface area contributed by atoms with Gasteiger partial charge in [-0.3, -0.25) is 0 Å². The third-order valence-corrected chi connectivity index (χ3v) is 3.85. The molecule has 0 atom stereocenters. The zero-order chi connectivity index (χ0) is 14.1. The summed E-state index contributed by atoms with van der Waals surface area (Å²) in [5, 5.41) is 0. The fourth-order valence-electron chi connectivity index (χ4n) is 2.29. The Hall–Kier alpha value is -1.39. The number of benzene rings is 1. The van der Waals surface area contributed by atoms with Gasteiger partial charge in [0.15, 0.2) is 5.65 Å². The maximum Gasteiger partial charge on any atom is 0.160 e. The van der Waals surface area contributed by atoms with Crippen molar-refractivity contribution in [2.24, 2.45) is 0 Å². The van der Waals surface area contributed by atoms with E-state index >= 15 is 0 Å². The smallest absolute Gasteiger partial charge is 0.160 e. The molecule has 5 heteroatoms. The lowest BCUT2D eigenvalue weighted by Crippen LogP contribution is -2.04. The van der Waals surface area contributed by atoms with Crippen LogP contribution in [0.5, 0.6) is 0 Å². The minimum atomic E-state index is 0.375. The van der Waals surface area contributed by atoms with Crippen molar-refractivity contribution in [3.63, 3.8) is 0 Å². The number of hydrogen-bond acceptors (Lipinski definition) is 2. The number of fused-ring (bicyclic) bond motifs is 1. The van der Waals surface area contributed by atoms with Crippen molar-refractivity contribution in [1.82, 2.24) is 14.5 Å². The molecule has 2 aromatic heterocycles. The topological polar surface area (TPSA) is 30.7 Å². The van der Waals surface area contributed by atoms with E-state index in [0.29, 0.717) is 5.88 Å². The molecule has 20 heavy (non-hydrogen) atoms. The first kappa shape index (κ1) is 13.6. The Kier molecular flexibility index (Phi) is 3.76. The average Bonchev–Trinajstić information content (AvgIpc) is 2.76. The summed E-state index contributed by atoms with van der Waals surface area (Å²) in [4.78, 5) is 9.01. The maximum atomic E-state index is 6.02. The predicted molar refractivity (Wildman–Crippen MR) is 85.1 cm³/mol. The Morgan fingerprint density at radius 3 is 2.90 bits per heavy atom. The van der Waals surface area contributed by atoms with Gasteiger partial charge in [0.2, 0.25) is 0 Å². The lowest BCUT2D eigenvalue weighted by molar-refractivity contribution is 0.770. The van der Waals surface area contributed by atoms with Crippen LogP contribution in [0.3, 0.4) is 0 Å². The molecular weight excluding hydrogens is 338 g/mol. The molecule has 2 heterocycles. The number of rotatable bonds is 3. The van der Waals surface area contributed by atoms with E-state index in [4.69, 9.17) is 11.6 Å². The van der Waals surface area contributed by atoms with Crippen LogP contribution >= 0.6 is 27.5 Å². The van der Waals surface area contributed by atoms with Crippen molar-refractivity contribution in [3.05, 3.63) is 58.0 Å². The summed E-state index contributed by atoms with van der Waals surface area (Å²) in [6.45, 7) is 2.82. The lowest BCUT2D eigenvalue weighted by atomic mass is 10.1. The molecule has 3 nitrogen and oxygen atoms in total. The second kappa shape index (κ2) is 5.54. The first-order valence-corrected chi connectivity index (χ1v) is 7.62. The minimum absolute atomic E-state index is 0.375. The molecule has 1 aromatic carbocycles. The number of nitrogens with zero attached hydrogens (tertiary/aromatic N) is 3. The largest absolute Gasteiger partial charge is 0.307 e. The number of aryl methyl sites for hydroxylation is 1. The van der Waals surface area contributed by atoms with Gasteiger partial charge in [-0.05, 0) is 34.5 Å². The fraction of sp³-hybridized carbons (Fsp3) is 0.200.